The maximum Gasteiger partial charge on any atom is 0.117 e. The van der Waals surface area contributed by atoms with Crippen LogP contribution in [0.1, 0.15) is 51.2 Å². The molecule has 1 aromatic heterocycles. The fraction of sp³-hybridized carbons (Fsp3) is 0.765. The van der Waals surface area contributed by atoms with E-state index in [9.17, 15) is 0 Å². The highest BCUT2D eigenvalue weighted by atomic mass is 16.3. The first-order chi connectivity index (χ1) is 9.78. The Bertz CT molecular complexity index is 399. The Morgan fingerprint density at radius 3 is 2.80 bits per heavy atom. The van der Waals surface area contributed by atoms with Crippen molar-refractivity contribution in [1.82, 2.24) is 4.90 Å². The van der Waals surface area contributed by atoms with Crippen LogP contribution in [0.3, 0.4) is 0 Å². The summed E-state index contributed by atoms with van der Waals surface area (Å²) in [5.41, 5.74) is 6.17. The van der Waals surface area contributed by atoms with E-state index in [-0.39, 0.29) is 0 Å². The quantitative estimate of drug-likeness (QED) is 0.866. The first-order valence-corrected chi connectivity index (χ1v) is 8.26. The first kappa shape index (κ1) is 14.2. The van der Waals surface area contributed by atoms with Crippen molar-refractivity contribution in [3.8, 4) is 0 Å². The number of nitrogens with two attached hydrogens (primary N) is 1. The molecule has 2 aliphatic rings. The topological polar surface area (TPSA) is 42.4 Å². The zero-order valence-corrected chi connectivity index (χ0v) is 12.6. The highest BCUT2D eigenvalue weighted by molar-refractivity contribution is 5.02. The second-order valence-corrected chi connectivity index (χ2v) is 6.82. The van der Waals surface area contributed by atoms with E-state index in [0.717, 1.165) is 36.7 Å². The number of furan rings is 1. The van der Waals surface area contributed by atoms with Gasteiger partial charge in [0.2, 0.25) is 0 Å². The Kier molecular flexibility index (Phi) is 4.47. The van der Waals surface area contributed by atoms with Gasteiger partial charge in [-0.2, -0.15) is 0 Å². The number of hydrogen-bond donors (Lipinski definition) is 1. The van der Waals surface area contributed by atoms with Crippen LogP contribution >= 0.6 is 0 Å². The van der Waals surface area contributed by atoms with Crippen LogP contribution in [0.2, 0.25) is 0 Å². The van der Waals surface area contributed by atoms with Gasteiger partial charge in [0.05, 0.1) is 12.8 Å². The fourth-order valence-electron chi connectivity index (χ4n) is 3.93. The van der Waals surface area contributed by atoms with Crippen LogP contribution in [0.25, 0.3) is 0 Å². The lowest BCUT2D eigenvalue weighted by atomic mass is 9.78. The Balaban J connectivity index is 1.70. The molecule has 112 valence electrons. The molecule has 1 heterocycles. The molecule has 3 nitrogen and oxygen atoms in total. The van der Waals surface area contributed by atoms with E-state index < -0.39 is 0 Å². The normalized spacial score (nSPS) is 28.8. The molecule has 0 saturated heterocycles. The summed E-state index contributed by atoms with van der Waals surface area (Å²) in [4.78, 5) is 2.64. The van der Waals surface area contributed by atoms with Gasteiger partial charge in [-0.1, -0.05) is 19.8 Å². The smallest absolute Gasteiger partial charge is 0.117 e. The number of nitrogens with zero attached hydrogens (tertiary/aromatic N) is 1. The molecular weight excluding hydrogens is 248 g/mol. The van der Waals surface area contributed by atoms with Crippen LogP contribution in [0, 0.1) is 11.8 Å². The van der Waals surface area contributed by atoms with Crippen molar-refractivity contribution in [3.63, 3.8) is 0 Å². The van der Waals surface area contributed by atoms with Gasteiger partial charge in [-0.05, 0) is 49.7 Å². The fourth-order valence-corrected chi connectivity index (χ4v) is 3.93. The third kappa shape index (κ3) is 3.26. The molecule has 0 aliphatic heterocycles. The zero-order valence-electron chi connectivity index (χ0n) is 12.6. The summed E-state index contributed by atoms with van der Waals surface area (Å²) < 4.78 is 5.56. The third-order valence-corrected chi connectivity index (χ3v) is 5.12. The lowest BCUT2D eigenvalue weighted by Gasteiger charge is -2.39. The van der Waals surface area contributed by atoms with Crippen LogP contribution in [-0.4, -0.2) is 23.5 Å². The van der Waals surface area contributed by atoms with E-state index in [4.69, 9.17) is 10.2 Å². The van der Waals surface area contributed by atoms with Crippen molar-refractivity contribution in [1.29, 1.82) is 0 Å². The SMILES string of the molecule is CC1CCCC(C(CN)N(Cc2ccco2)C2CC2)C1. The summed E-state index contributed by atoms with van der Waals surface area (Å²) in [5, 5.41) is 0. The van der Waals surface area contributed by atoms with Gasteiger partial charge in [0.15, 0.2) is 0 Å². The molecule has 3 unspecified atom stereocenters. The van der Waals surface area contributed by atoms with Crippen LogP contribution in [0.4, 0.5) is 0 Å². The van der Waals surface area contributed by atoms with Crippen molar-refractivity contribution in [2.24, 2.45) is 17.6 Å². The predicted octanol–water partition coefficient (Wildman–Crippen LogP) is 3.40. The molecule has 2 fully saturated rings. The Morgan fingerprint density at radius 1 is 1.35 bits per heavy atom. The van der Waals surface area contributed by atoms with Gasteiger partial charge in [0.1, 0.15) is 5.76 Å². The van der Waals surface area contributed by atoms with Crippen LogP contribution in [-0.2, 0) is 6.54 Å². The molecule has 3 heteroatoms. The molecule has 2 aliphatic carbocycles. The van der Waals surface area contributed by atoms with Crippen molar-refractivity contribution in [3.05, 3.63) is 24.2 Å². The van der Waals surface area contributed by atoms with Crippen molar-refractivity contribution in [2.45, 2.75) is 64.1 Å². The molecule has 2 saturated carbocycles. The number of hydrogen-bond acceptors (Lipinski definition) is 3. The largest absolute Gasteiger partial charge is 0.468 e. The minimum atomic E-state index is 0.537. The Morgan fingerprint density at radius 2 is 2.20 bits per heavy atom. The third-order valence-electron chi connectivity index (χ3n) is 5.12. The van der Waals surface area contributed by atoms with Crippen molar-refractivity contribution in [2.75, 3.05) is 6.54 Å². The van der Waals surface area contributed by atoms with E-state index in [2.05, 4.69) is 17.9 Å². The van der Waals surface area contributed by atoms with Gasteiger partial charge in [0.25, 0.3) is 0 Å². The van der Waals surface area contributed by atoms with Crippen LogP contribution in [0.15, 0.2) is 22.8 Å². The highest BCUT2D eigenvalue weighted by Gasteiger charge is 2.38. The second kappa shape index (κ2) is 6.31. The number of rotatable bonds is 6. The second-order valence-electron chi connectivity index (χ2n) is 6.82. The molecule has 1 aromatic rings. The van der Waals surface area contributed by atoms with Gasteiger partial charge < -0.3 is 10.2 Å². The molecule has 0 bridgehead atoms. The van der Waals surface area contributed by atoms with E-state index >= 15 is 0 Å². The Labute approximate surface area is 122 Å². The average Bonchev–Trinajstić information content (AvgIpc) is 3.16. The maximum absolute atomic E-state index is 6.17. The maximum atomic E-state index is 6.17. The average molecular weight is 276 g/mol. The lowest BCUT2D eigenvalue weighted by Crippen LogP contribution is -2.47. The summed E-state index contributed by atoms with van der Waals surface area (Å²) in [6, 6.07) is 5.36. The lowest BCUT2D eigenvalue weighted by molar-refractivity contribution is 0.0878. The summed E-state index contributed by atoms with van der Waals surface area (Å²) in [5.74, 6) is 2.73. The minimum absolute atomic E-state index is 0.537. The molecular formula is C17H28N2O. The van der Waals surface area contributed by atoms with Crippen molar-refractivity contribution >= 4 is 0 Å². The molecule has 0 amide bonds. The summed E-state index contributed by atoms with van der Waals surface area (Å²) in [6.45, 7) is 4.12. The van der Waals surface area contributed by atoms with Gasteiger partial charge in [-0.25, -0.2) is 0 Å². The van der Waals surface area contributed by atoms with Crippen molar-refractivity contribution < 1.29 is 4.42 Å². The molecule has 2 N–H and O–H groups in total. The van der Waals surface area contributed by atoms with Gasteiger partial charge in [-0.15, -0.1) is 0 Å². The molecule has 20 heavy (non-hydrogen) atoms. The van der Waals surface area contributed by atoms with E-state index in [1.54, 1.807) is 6.26 Å². The first-order valence-electron chi connectivity index (χ1n) is 8.26. The standard InChI is InChI=1S/C17H28N2O/c1-13-4-2-5-14(10-13)17(11-18)19(15-7-8-15)12-16-6-3-9-20-16/h3,6,9,13-15,17H,2,4-5,7-8,10-12,18H2,1H3. The molecule has 0 aromatic carbocycles. The van der Waals surface area contributed by atoms with Crippen LogP contribution < -0.4 is 5.73 Å². The molecule has 0 spiro atoms. The zero-order chi connectivity index (χ0) is 13.9. The summed E-state index contributed by atoms with van der Waals surface area (Å²) >= 11 is 0. The summed E-state index contributed by atoms with van der Waals surface area (Å²) in [6.07, 6.45) is 9.92. The molecule has 3 atom stereocenters. The minimum Gasteiger partial charge on any atom is -0.468 e. The van der Waals surface area contributed by atoms with E-state index in [1.165, 1.54) is 38.5 Å². The van der Waals surface area contributed by atoms with E-state index in [0.29, 0.717) is 6.04 Å². The summed E-state index contributed by atoms with van der Waals surface area (Å²) in [7, 11) is 0. The van der Waals surface area contributed by atoms with Gasteiger partial charge in [0, 0.05) is 18.6 Å². The molecule has 3 rings (SSSR count). The predicted molar refractivity (Wildman–Crippen MR) is 81.2 cm³/mol. The molecule has 0 radical (unpaired) electrons. The van der Waals surface area contributed by atoms with E-state index in [1.807, 2.05) is 6.07 Å². The Hall–Kier alpha value is -0.800. The van der Waals surface area contributed by atoms with Gasteiger partial charge in [-0.3, -0.25) is 4.90 Å². The van der Waals surface area contributed by atoms with Crippen LogP contribution in [0.5, 0.6) is 0 Å². The monoisotopic (exact) mass is 276 g/mol. The van der Waals surface area contributed by atoms with Gasteiger partial charge >= 0.3 is 0 Å². The highest BCUT2D eigenvalue weighted by Crippen LogP contribution is 2.37.